The molecule has 0 aliphatic heterocycles. The molecule has 0 heterocycles. The van der Waals surface area contributed by atoms with Gasteiger partial charge in [0.1, 0.15) is 0 Å². The van der Waals surface area contributed by atoms with Crippen LogP contribution in [0.15, 0.2) is 24.3 Å². The Balaban J connectivity index is -0.000000411. The van der Waals surface area contributed by atoms with E-state index in [0.29, 0.717) is 12.8 Å². The number of carbonyl (C=O) groups excluding carboxylic acids is 2. The minimum Gasteiger partial charge on any atom is -0.550 e. The molecule has 0 aromatic rings. The molecule has 0 saturated carbocycles. The molecule has 0 aromatic heterocycles. The molecule has 152 valence electrons. The molecule has 0 spiro atoms. The van der Waals surface area contributed by atoms with Crippen LogP contribution in [0.2, 0.25) is 0 Å². The zero-order valence-electron chi connectivity index (χ0n) is 17.5. The Morgan fingerprint density at radius 3 is 1.22 bits per heavy atom. The van der Waals surface area contributed by atoms with E-state index in [1.165, 1.54) is 51.4 Å². The van der Waals surface area contributed by atoms with Gasteiger partial charge in [0.25, 0.3) is 0 Å². The van der Waals surface area contributed by atoms with Crippen molar-refractivity contribution in [1.82, 2.24) is 0 Å². The van der Waals surface area contributed by atoms with Gasteiger partial charge in [-0.25, -0.2) is 0 Å². The Morgan fingerprint density at radius 1 is 0.593 bits per heavy atom. The van der Waals surface area contributed by atoms with E-state index in [1.807, 2.05) is 12.2 Å². The second-order valence-corrected chi connectivity index (χ2v) is 6.46. The normalized spacial score (nSPS) is 10.4. The van der Waals surface area contributed by atoms with E-state index < -0.39 is 11.9 Å². The number of hydrogen-bond donors (Lipinski definition) is 0. The maximum atomic E-state index is 10.0. The summed E-state index contributed by atoms with van der Waals surface area (Å²) in [5.41, 5.74) is 0. The van der Waals surface area contributed by atoms with Gasteiger partial charge in [0.2, 0.25) is 0 Å². The van der Waals surface area contributed by atoms with Crippen LogP contribution in [-0.2, 0) is 29.1 Å². The van der Waals surface area contributed by atoms with Crippen molar-refractivity contribution < 1.29 is 39.3 Å². The number of allylic oxidation sites excluding steroid dienone is 4. The molecule has 27 heavy (non-hydrogen) atoms. The number of carboxylic acid groups (broad SMARTS) is 2. The van der Waals surface area contributed by atoms with Gasteiger partial charge in [0.05, 0.1) is 0 Å². The Bertz CT molecular complexity index is 343. The number of hydrogen-bond acceptors (Lipinski definition) is 4. The van der Waals surface area contributed by atoms with Gasteiger partial charge in [-0.2, -0.15) is 0 Å². The average Bonchev–Trinajstić information content (AvgIpc) is 2.60. The molecule has 0 N–H and O–H groups in total. The number of carbonyl (C=O) groups is 2. The van der Waals surface area contributed by atoms with Crippen molar-refractivity contribution in [2.75, 3.05) is 0 Å². The van der Waals surface area contributed by atoms with Crippen molar-refractivity contribution in [2.45, 2.75) is 104 Å². The average molecular weight is 432 g/mol. The molecule has 0 amide bonds. The van der Waals surface area contributed by atoms with Crippen LogP contribution in [0.3, 0.4) is 0 Å². The zero-order valence-corrected chi connectivity index (χ0v) is 20.5. The molecule has 0 aliphatic rings. The summed E-state index contributed by atoms with van der Waals surface area (Å²) in [6, 6.07) is 0. The van der Waals surface area contributed by atoms with Crippen molar-refractivity contribution >= 4 is 11.9 Å². The summed E-state index contributed by atoms with van der Waals surface area (Å²) in [4.78, 5) is 20.1. The van der Waals surface area contributed by atoms with E-state index in [4.69, 9.17) is 0 Å². The molecular weight excluding hydrogens is 394 g/mol. The fourth-order valence-electron chi connectivity index (χ4n) is 2.25. The fourth-order valence-corrected chi connectivity index (χ4v) is 2.25. The summed E-state index contributed by atoms with van der Waals surface area (Å²) in [5.74, 6) is -1.92. The van der Waals surface area contributed by atoms with Gasteiger partial charge in [-0.15, -0.1) is 0 Å². The maximum Gasteiger partial charge on any atom is 2.00 e. The quantitative estimate of drug-likeness (QED) is 0.209. The second kappa shape index (κ2) is 27.3. The number of aliphatic carboxylic acids is 2. The van der Waals surface area contributed by atoms with Crippen molar-refractivity contribution in [3.05, 3.63) is 24.3 Å². The molecule has 5 heteroatoms. The third kappa shape index (κ3) is 36.7. The number of carboxylic acids is 2. The summed E-state index contributed by atoms with van der Waals surface area (Å²) < 4.78 is 0. The van der Waals surface area contributed by atoms with Gasteiger partial charge in [-0.05, 0) is 51.4 Å². The summed E-state index contributed by atoms with van der Waals surface area (Å²) in [7, 11) is 0. The van der Waals surface area contributed by atoms with E-state index >= 15 is 0 Å². The van der Waals surface area contributed by atoms with Gasteiger partial charge in [0, 0.05) is 11.9 Å². The molecule has 0 fully saturated rings. The third-order valence-corrected chi connectivity index (χ3v) is 3.81. The van der Waals surface area contributed by atoms with Gasteiger partial charge < -0.3 is 19.8 Å². The predicted molar refractivity (Wildman–Crippen MR) is 104 cm³/mol. The monoisotopic (exact) mass is 430 g/mol. The van der Waals surface area contributed by atoms with Gasteiger partial charge in [-0.1, -0.05) is 76.7 Å². The summed E-state index contributed by atoms with van der Waals surface area (Å²) in [5, 5.41) is 20.1. The standard InChI is InChI=1S/2C11H20O2.Zn/c2*1-2-3-4-5-6-7-8-9-10-11(12)13;/h2*7-8H,2-6,9-10H2,1H3,(H,12,13);/q;;+2/p-2. The Morgan fingerprint density at radius 2 is 0.926 bits per heavy atom. The van der Waals surface area contributed by atoms with E-state index in [2.05, 4.69) is 26.0 Å². The van der Waals surface area contributed by atoms with Crippen LogP contribution in [0.4, 0.5) is 0 Å². The first kappa shape index (κ1) is 30.8. The van der Waals surface area contributed by atoms with E-state index in [1.54, 1.807) is 0 Å². The first-order valence-electron chi connectivity index (χ1n) is 10.2. The smallest absolute Gasteiger partial charge is 0.550 e. The van der Waals surface area contributed by atoms with E-state index in [0.717, 1.165) is 12.8 Å². The molecule has 0 rings (SSSR count). The Hall–Kier alpha value is -0.957. The van der Waals surface area contributed by atoms with Crippen LogP contribution >= 0.6 is 0 Å². The van der Waals surface area contributed by atoms with Crippen molar-refractivity contribution in [2.24, 2.45) is 0 Å². The van der Waals surface area contributed by atoms with Gasteiger partial charge in [0.15, 0.2) is 0 Å². The van der Waals surface area contributed by atoms with Crippen molar-refractivity contribution in [3.63, 3.8) is 0 Å². The maximum absolute atomic E-state index is 10.0. The molecule has 0 aliphatic carbocycles. The minimum atomic E-state index is -0.962. The largest absolute Gasteiger partial charge is 2.00 e. The number of rotatable bonds is 16. The van der Waals surface area contributed by atoms with Crippen molar-refractivity contribution in [1.29, 1.82) is 0 Å². The zero-order chi connectivity index (χ0) is 19.9. The first-order valence-corrected chi connectivity index (χ1v) is 10.2. The fraction of sp³-hybridized carbons (Fsp3) is 0.727. The summed E-state index contributed by atoms with van der Waals surface area (Å²) in [6.07, 6.45) is 21.8. The van der Waals surface area contributed by atoms with Crippen LogP contribution in [0, 0.1) is 0 Å². The summed E-state index contributed by atoms with van der Waals surface area (Å²) >= 11 is 0. The van der Waals surface area contributed by atoms with Gasteiger partial charge >= 0.3 is 19.5 Å². The van der Waals surface area contributed by atoms with Crippen LogP contribution < -0.4 is 10.2 Å². The molecule has 4 nitrogen and oxygen atoms in total. The Labute approximate surface area is 179 Å². The molecule has 0 saturated heterocycles. The minimum absolute atomic E-state index is 0. The predicted octanol–water partition coefficient (Wildman–Crippen LogP) is 4.08. The third-order valence-electron chi connectivity index (χ3n) is 3.81. The molecule has 0 aromatic carbocycles. The molecule has 0 unspecified atom stereocenters. The Kier molecular flexibility index (Phi) is 31.1. The van der Waals surface area contributed by atoms with Gasteiger partial charge in [-0.3, -0.25) is 0 Å². The van der Waals surface area contributed by atoms with Crippen LogP contribution in [0.25, 0.3) is 0 Å². The van der Waals surface area contributed by atoms with Crippen molar-refractivity contribution in [3.8, 4) is 0 Å². The SMILES string of the molecule is CCCCCCC=CCCC(=O)[O-].CCCCCCC=CCCC(=O)[O-].[Zn+2]. The number of unbranched alkanes of at least 4 members (excludes halogenated alkanes) is 8. The van der Waals surface area contributed by atoms with E-state index in [9.17, 15) is 19.8 Å². The molecule has 0 radical (unpaired) electrons. The topological polar surface area (TPSA) is 80.3 Å². The summed E-state index contributed by atoms with van der Waals surface area (Å²) in [6.45, 7) is 4.38. The van der Waals surface area contributed by atoms with Crippen LogP contribution in [0.1, 0.15) is 104 Å². The van der Waals surface area contributed by atoms with Crippen LogP contribution in [0.5, 0.6) is 0 Å². The molecular formula is C22H38O4Zn. The van der Waals surface area contributed by atoms with E-state index in [-0.39, 0.29) is 32.3 Å². The molecule has 0 atom stereocenters. The molecule has 0 bridgehead atoms. The first-order chi connectivity index (χ1) is 12.5. The van der Waals surface area contributed by atoms with Crippen LogP contribution in [-0.4, -0.2) is 11.9 Å². The second-order valence-electron chi connectivity index (χ2n) is 6.46.